The molecule has 1 aromatic rings. The van der Waals surface area contributed by atoms with E-state index in [-0.39, 0.29) is 17.5 Å². The van der Waals surface area contributed by atoms with Crippen LogP contribution >= 0.6 is 0 Å². The van der Waals surface area contributed by atoms with Gasteiger partial charge < -0.3 is 15.1 Å². The fourth-order valence-electron chi connectivity index (χ4n) is 2.66. The van der Waals surface area contributed by atoms with Crippen LogP contribution in [0.15, 0.2) is 6.20 Å². The first-order valence-electron chi connectivity index (χ1n) is 7.17. The molecule has 0 spiro atoms. The molecule has 0 aliphatic carbocycles. The quantitative estimate of drug-likeness (QED) is 0.684. The zero-order chi connectivity index (χ0) is 15.6. The van der Waals surface area contributed by atoms with Crippen LogP contribution in [0, 0.1) is 0 Å². The maximum atomic E-state index is 11.5. The lowest BCUT2D eigenvalue weighted by Crippen LogP contribution is -2.46. The molecule has 2 fully saturated rings. The molecule has 3 heterocycles. The van der Waals surface area contributed by atoms with Crippen LogP contribution in [-0.4, -0.2) is 78.6 Å². The summed E-state index contributed by atoms with van der Waals surface area (Å²) in [5.74, 6) is 1.34. The van der Waals surface area contributed by atoms with Crippen LogP contribution in [0.3, 0.4) is 0 Å². The topological polar surface area (TPSA) is 108 Å². The van der Waals surface area contributed by atoms with Crippen molar-refractivity contribution < 1.29 is 13.2 Å². The molecule has 9 nitrogen and oxygen atoms in total. The van der Waals surface area contributed by atoms with Gasteiger partial charge in [0.1, 0.15) is 0 Å². The molecule has 0 bridgehead atoms. The van der Waals surface area contributed by atoms with Crippen molar-refractivity contribution in [3.05, 3.63) is 6.20 Å². The van der Waals surface area contributed by atoms with Gasteiger partial charge in [-0.3, -0.25) is 4.79 Å². The molecule has 120 valence electrons. The predicted octanol–water partition coefficient (Wildman–Crippen LogP) is -1.25. The van der Waals surface area contributed by atoms with Crippen molar-refractivity contribution >= 4 is 28.0 Å². The molecule has 2 saturated heterocycles. The summed E-state index contributed by atoms with van der Waals surface area (Å²) in [6, 6.07) is -0.158. The van der Waals surface area contributed by atoms with Gasteiger partial charge in [-0.2, -0.15) is 10.1 Å². The van der Waals surface area contributed by atoms with Crippen molar-refractivity contribution in [2.45, 2.75) is 12.5 Å². The molecular weight excluding hydrogens is 308 g/mol. The standard InChI is InChI=1S/C12H18N6O3S/c19-9-17-2-4-18(5-3-17)11-7-13-16-12(15-11)14-10-1-6-22(20,21)8-10/h7,9-10H,1-6,8H2,(H,14,15,16). The third kappa shape index (κ3) is 3.43. The number of amides is 1. The van der Waals surface area contributed by atoms with Gasteiger partial charge in [0.25, 0.3) is 0 Å². The van der Waals surface area contributed by atoms with E-state index >= 15 is 0 Å². The zero-order valence-electron chi connectivity index (χ0n) is 12.1. The Bertz CT molecular complexity index is 644. The number of carbonyl (C=O) groups excluding carboxylic acids is 1. The molecule has 1 aromatic heterocycles. The maximum Gasteiger partial charge on any atom is 0.244 e. The fourth-order valence-corrected chi connectivity index (χ4v) is 4.33. The average molecular weight is 326 g/mol. The lowest BCUT2D eigenvalue weighted by molar-refractivity contribution is -0.118. The highest BCUT2D eigenvalue weighted by Gasteiger charge is 2.28. The summed E-state index contributed by atoms with van der Waals surface area (Å²) < 4.78 is 22.9. The Labute approximate surface area is 128 Å². The Morgan fingerprint density at radius 2 is 2.05 bits per heavy atom. The van der Waals surface area contributed by atoms with E-state index in [1.165, 1.54) is 0 Å². The molecule has 3 rings (SSSR count). The molecular formula is C12H18N6O3S. The van der Waals surface area contributed by atoms with E-state index in [4.69, 9.17) is 0 Å². The van der Waals surface area contributed by atoms with E-state index in [1.54, 1.807) is 11.1 Å². The number of anilines is 2. The third-order valence-electron chi connectivity index (χ3n) is 3.90. The number of carbonyl (C=O) groups is 1. The number of hydrogen-bond donors (Lipinski definition) is 1. The van der Waals surface area contributed by atoms with Gasteiger partial charge in [-0.1, -0.05) is 0 Å². The number of aromatic nitrogens is 3. The highest BCUT2D eigenvalue weighted by atomic mass is 32.2. The van der Waals surface area contributed by atoms with Gasteiger partial charge >= 0.3 is 0 Å². The zero-order valence-corrected chi connectivity index (χ0v) is 12.9. The van der Waals surface area contributed by atoms with E-state index in [0.29, 0.717) is 44.4 Å². The average Bonchev–Trinajstić information content (AvgIpc) is 2.86. The Balaban J connectivity index is 1.64. The second-order valence-corrected chi connectivity index (χ2v) is 7.74. The van der Waals surface area contributed by atoms with Crippen molar-refractivity contribution in [1.82, 2.24) is 20.1 Å². The van der Waals surface area contributed by atoms with Crippen molar-refractivity contribution in [3.63, 3.8) is 0 Å². The van der Waals surface area contributed by atoms with Gasteiger partial charge in [0.2, 0.25) is 12.4 Å². The van der Waals surface area contributed by atoms with Crippen molar-refractivity contribution in [2.24, 2.45) is 0 Å². The van der Waals surface area contributed by atoms with Gasteiger partial charge in [-0.15, -0.1) is 5.10 Å². The predicted molar refractivity (Wildman–Crippen MR) is 80.4 cm³/mol. The molecule has 22 heavy (non-hydrogen) atoms. The fraction of sp³-hybridized carbons (Fsp3) is 0.667. The summed E-state index contributed by atoms with van der Waals surface area (Å²) in [4.78, 5) is 18.9. The minimum atomic E-state index is -2.94. The van der Waals surface area contributed by atoms with Crippen LogP contribution in [0.5, 0.6) is 0 Å². The first-order valence-corrected chi connectivity index (χ1v) is 8.99. The van der Waals surface area contributed by atoms with Gasteiger partial charge in [0, 0.05) is 32.2 Å². The molecule has 10 heteroatoms. The van der Waals surface area contributed by atoms with Crippen molar-refractivity contribution in [3.8, 4) is 0 Å². The summed E-state index contributed by atoms with van der Waals surface area (Å²) in [5.41, 5.74) is 0. The van der Waals surface area contributed by atoms with Crippen LogP contribution in [0.4, 0.5) is 11.8 Å². The largest absolute Gasteiger partial charge is 0.352 e. The number of nitrogens with one attached hydrogen (secondary N) is 1. The van der Waals surface area contributed by atoms with Gasteiger partial charge in [-0.25, -0.2) is 8.42 Å². The van der Waals surface area contributed by atoms with E-state index in [0.717, 1.165) is 6.41 Å². The first kappa shape index (κ1) is 14.9. The molecule has 1 amide bonds. The van der Waals surface area contributed by atoms with E-state index < -0.39 is 9.84 Å². The Kier molecular flexibility index (Phi) is 4.10. The molecule has 0 aromatic carbocycles. The summed E-state index contributed by atoms with van der Waals surface area (Å²) in [5, 5.41) is 10.9. The molecule has 0 radical (unpaired) electrons. The second kappa shape index (κ2) is 6.03. The smallest absolute Gasteiger partial charge is 0.244 e. The SMILES string of the molecule is O=CN1CCN(c2cnnc(NC3CCS(=O)(=O)C3)n2)CC1. The summed E-state index contributed by atoms with van der Waals surface area (Å²) in [7, 11) is -2.94. The summed E-state index contributed by atoms with van der Waals surface area (Å²) in [6.07, 6.45) is 2.99. The van der Waals surface area contributed by atoms with Crippen LogP contribution < -0.4 is 10.2 Å². The third-order valence-corrected chi connectivity index (χ3v) is 5.67. The highest BCUT2D eigenvalue weighted by molar-refractivity contribution is 7.91. The van der Waals surface area contributed by atoms with Gasteiger partial charge in [0.05, 0.1) is 17.7 Å². The summed E-state index contributed by atoms with van der Waals surface area (Å²) >= 11 is 0. The molecule has 1 atom stereocenters. The maximum absolute atomic E-state index is 11.5. The van der Waals surface area contributed by atoms with Crippen LogP contribution in [0.1, 0.15) is 6.42 Å². The van der Waals surface area contributed by atoms with Gasteiger partial charge in [0.15, 0.2) is 15.7 Å². The molecule has 1 unspecified atom stereocenters. The van der Waals surface area contributed by atoms with Gasteiger partial charge in [-0.05, 0) is 6.42 Å². The number of hydrogen-bond acceptors (Lipinski definition) is 8. The van der Waals surface area contributed by atoms with E-state index in [1.807, 2.05) is 4.90 Å². The number of nitrogens with zero attached hydrogens (tertiary/aromatic N) is 5. The molecule has 2 aliphatic heterocycles. The Morgan fingerprint density at radius 3 is 2.68 bits per heavy atom. The highest BCUT2D eigenvalue weighted by Crippen LogP contribution is 2.17. The molecule has 0 saturated carbocycles. The van der Waals surface area contributed by atoms with E-state index in [2.05, 4.69) is 20.5 Å². The Hall–Kier alpha value is -1.97. The normalized spacial score (nSPS) is 24.3. The lowest BCUT2D eigenvalue weighted by Gasteiger charge is -2.33. The second-order valence-electron chi connectivity index (χ2n) is 5.51. The minimum absolute atomic E-state index is 0.110. The number of piperazine rings is 1. The van der Waals surface area contributed by atoms with Crippen molar-refractivity contribution in [2.75, 3.05) is 47.9 Å². The van der Waals surface area contributed by atoms with Crippen LogP contribution in [-0.2, 0) is 14.6 Å². The monoisotopic (exact) mass is 326 g/mol. The van der Waals surface area contributed by atoms with Crippen LogP contribution in [0.2, 0.25) is 0 Å². The molecule has 1 N–H and O–H groups in total. The van der Waals surface area contributed by atoms with E-state index in [9.17, 15) is 13.2 Å². The Morgan fingerprint density at radius 1 is 1.27 bits per heavy atom. The number of sulfone groups is 1. The molecule has 2 aliphatic rings. The first-order chi connectivity index (χ1) is 10.6. The lowest BCUT2D eigenvalue weighted by atomic mass is 10.3. The minimum Gasteiger partial charge on any atom is -0.352 e. The van der Waals surface area contributed by atoms with Crippen molar-refractivity contribution in [1.29, 1.82) is 0 Å². The summed E-state index contributed by atoms with van der Waals surface area (Å²) in [6.45, 7) is 2.68. The number of rotatable bonds is 4. The van der Waals surface area contributed by atoms with Crippen LogP contribution in [0.25, 0.3) is 0 Å².